The Bertz CT molecular complexity index is 806. The molecule has 0 saturated heterocycles. The molecule has 5 heteroatoms. The second-order valence-corrected chi connectivity index (χ2v) is 5.18. The summed E-state index contributed by atoms with van der Waals surface area (Å²) in [4.78, 5) is 16.4. The van der Waals surface area contributed by atoms with E-state index in [1.807, 2.05) is 67.0 Å². The van der Waals surface area contributed by atoms with E-state index in [2.05, 4.69) is 10.3 Å². The molecule has 0 aliphatic rings. The van der Waals surface area contributed by atoms with Crippen LogP contribution in [0.25, 0.3) is 5.65 Å². The molecule has 3 aromatic rings. The summed E-state index contributed by atoms with van der Waals surface area (Å²) >= 11 is 0. The van der Waals surface area contributed by atoms with Gasteiger partial charge in [0.15, 0.2) is 12.3 Å². The number of aromatic nitrogens is 2. The molecule has 0 aliphatic carbocycles. The SMILES string of the molecule is Cc1ccc(OCC(=O)Nc2cccn3cc(C)nc23)cc1. The maximum atomic E-state index is 12.0. The smallest absolute Gasteiger partial charge is 0.262 e. The summed E-state index contributed by atoms with van der Waals surface area (Å²) < 4.78 is 7.35. The van der Waals surface area contributed by atoms with Gasteiger partial charge in [0.2, 0.25) is 0 Å². The van der Waals surface area contributed by atoms with Crippen LogP contribution in [-0.4, -0.2) is 21.9 Å². The minimum atomic E-state index is -0.214. The van der Waals surface area contributed by atoms with Crippen molar-refractivity contribution in [3.05, 3.63) is 60.0 Å². The fourth-order valence-electron chi connectivity index (χ4n) is 2.20. The van der Waals surface area contributed by atoms with E-state index in [1.54, 1.807) is 0 Å². The third-order valence-corrected chi connectivity index (χ3v) is 3.27. The molecular weight excluding hydrogens is 278 g/mol. The van der Waals surface area contributed by atoms with Crippen molar-refractivity contribution in [2.24, 2.45) is 0 Å². The Morgan fingerprint density at radius 2 is 2.00 bits per heavy atom. The molecule has 0 saturated carbocycles. The molecule has 0 unspecified atom stereocenters. The molecule has 0 bridgehead atoms. The van der Waals surface area contributed by atoms with Gasteiger partial charge in [0.1, 0.15) is 5.75 Å². The summed E-state index contributed by atoms with van der Waals surface area (Å²) in [5, 5.41) is 2.83. The summed E-state index contributed by atoms with van der Waals surface area (Å²) in [5.41, 5.74) is 3.45. The topological polar surface area (TPSA) is 55.6 Å². The zero-order valence-corrected chi connectivity index (χ0v) is 12.5. The number of carbonyl (C=O) groups is 1. The van der Waals surface area contributed by atoms with E-state index in [9.17, 15) is 4.79 Å². The van der Waals surface area contributed by atoms with Crippen LogP contribution in [0.4, 0.5) is 5.69 Å². The number of ether oxygens (including phenoxy) is 1. The van der Waals surface area contributed by atoms with E-state index in [1.165, 1.54) is 0 Å². The van der Waals surface area contributed by atoms with Crippen molar-refractivity contribution in [3.8, 4) is 5.75 Å². The highest BCUT2D eigenvalue weighted by Crippen LogP contribution is 2.16. The predicted molar refractivity (Wildman–Crippen MR) is 85.2 cm³/mol. The maximum Gasteiger partial charge on any atom is 0.262 e. The first-order valence-corrected chi connectivity index (χ1v) is 7.05. The number of anilines is 1. The second kappa shape index (κ2) is 5.89. The molecule has 2 heterocycles. The number of nitrogens with zero attached hydrogens (tertiary/aromatic N) is 2. The van der Waals surface area contributed by atoms with Crippen LogP contribution in [-0.2, 0) is 4.79 Å². The Balaban J connectivity index is 1.67. The highest BCUT2D eigenvalue weighted by Gasteiger charge is 2.08. The number of hydrogen-bond acceptors (Lipinski definition) is 3. The van der Waals surface area contributed by atoms with Gasteiger partial charge in [0.05, 0.1) is 11.4 Å². The Kier molecular flexibility index (Phi) is 3.78. The van der Waals surface area contributed by atoms with Crippen molar-refractivity contribution in [1.29, 1.82) is 0 Å². The normalized spacial score (nSPS) is 10.6. The Labute approximate surface area is 128 Å². The van der Waals surface area contributed by atoms with Gasteiger partial charge in [-0.05, 0) is 38.1 Å². The van der Waals surface area contributed by atoms with Crippen LogP contribution >= 0.6 is 0 Å². The number of rotatable bonds is 4. The molecule has 3 rings (SSSR count). The lowest BCUT2D eigenvalue weighted by Crippen LogP contribution is -2.20. The first kappa shape index (κ1) is 14.1. The second-order valence-electron chi connectivity index (χ2n) is 5.18. The van der Waals surface area contributed by atoms with Gasteiger partial charge in [-0.3, -0.25) is 4.79 Å². The van der Waals surface area contributed by atoms with E-state index >= 15 is 0 Å². The fourth-order valence-corrected chi connectivity index (χ4v) is 2.20. The molecule has 22 heavy (non-hydrogen) atoms. The number of carbonyl (C=O) groups excluding carboxylic acids is 1. The first-order chi connectivity index (χ1) is 10.6. The lowest BCUT2D eigenvalue weighted by atomic mass is 10.2. The van der Waals surface area contributed by atoms with Crippen molar-refractivity contribution in [2.45, 2.75) is 13.8 Å². The van der Waals surface area contributed by atoms with Gasteiger partial charge in [-0.2, -0.15) is 0 Å². The molecule has 1 N–H and O–H groups in total. The van der Waals surface area contributed by atoms with Crippen molar-refractivity contribution in [2.75, 3.05) is 11.9 Å². The molecule has 0 spiro atoms. The molecule has 5 nitrogen and oxygen atoms in total. The maximum absolute atomic E-state index is 12.0. The third kappa shape index (κ3) is 3.09. The molecule has 0 atom stereocenters. The molecule has 0 fully saturated rings. The van der Waals surface area contributed by atoms with Crippen molar-refractivity contribution < 1.29 is 9.53 Å². The molecule has 1 amide bonds. The zero-order chi connectivity index (χ0) is 15.5. The Hall–Kier alpha value is -2.82. The summed E-state index contributed by atoms with van der Waals surface area (Å²) in [6.45, 7) is 3.88. The van der Waals surface area contributed by atoms with Gasteiger partial charge in [-0.15, -0.1) is 0 Å². The van der Waals surface area contributed by atoms with Crippen molar-refractivity contribution >= 4 is 17.2 Å². The van der Waals surface area contributed by atoms with E-state index < -0.39 is 0 Å². The number of fused-ring (bicyclic) bond motifs is 1. The average Bonchev–Trinajstić information content (AvgIpc) is 2.88. The first-order valence-electron chi connectivity index (χ1n) is 7.05. The lowest BCUT2D eigenvalue weighted by Gasteiger charge is -2.08. The number of imidazole rings is 1. The van der Waals surface area contributed by atoms with Crippen molar-refractivity contribution in [3.63, 3.8) is 0 Å². The van der Waals surface area contributed by atoms with Gasteiger partial charge in [-0.25, -0.2) is 4.98 Å². The molecule has 2 aromatic heterocycles. The van der Waals surface area contributed by atoms with E-state index in [0.29, 0.717) is 11.4 Å². The summed E-state index contributed by atoms with van der Waals surface area (Å²) in [7, 11) is 0. The van der Waals surface area contributed by atoms with Gasteiger partial charge in [0, 0.05) is 12.4 Å². The minimum absolute atomic E-state index is 0.0379. The quantitative estimate of drug-likeness (QED) is 0.805. The molecule has 0 aliphatic heterocycles. The molecule has 0 radical (unpaired) electrons. The number of benzene rings is 1. The van der Waals surface area contributed by atoms with Gasteiger partial charge < -0.3 is 14.5 Å². The highest BCUT2D eigenvalue weighted by atomic mass is 16.5. The van der Waals surface area contributed by atoms with Gasteiger partial charge >= 0.3 is 0 Å². The summed E-state index contributed by atoms with van der Waals surface area (Å²) in [6, 6.07) is 11.3. The lowest BCUT2D eigenvalue weighted by molar-refractivity contribution is -0.118. The summed E-state index contributed by atoms with van der Waals surface area (Å²) in [6.07, 6.45) is 3.81. The predicted octanol–water partition coefficient (Wildman–Crippen LogP) is 2.97. The van der Waals surface area contributed by atoms with Crippen LogP contribution in [0.1, 0.15) is 11.3 Å². The van der Waals surface area contributed by atoms with Gasteiger partial charge in [0.25, 0.3) is 5.91 Å². The Morgan fingerprint density at radius 1 is 1.23 bits per heavy atom. The summed E-state index contributed by atoms with van der Waals surface area (Å²) in [5.74, 6) is 0.463. The van der Waals surface area contributed by atoms with Crippen molar-refractivity contribution in [1.82, 2.24) is 9.38 Å². The molecular formula is C17H17N3O2. The van der Waals surface area contributed by atoms with E-state index in [4.69, 9.17) is 4.74 Å². The van der Waals surface area contributed by atoms with E-state index in [-0.39, 0.29) is 12.5 Å². The van der Waals surface area contributed by atoms with E-state index in [0.717, 1.165) is 16.9 Å². The number of hydrogen-bond donors (Lipinski definition) is 1. The van der Waals surface area contributed by atoms with Crippen LogP contribution in [0.5, 0.6) is 5.75 Å². The van der Waals surface area contributed by atoms with Crippen LogP contribution < -0.4 is 10.1 Å². The molecule has 1 aromatic carbocycles. The standard InChI is InChI=1S/C17H17N3O2/c1-12-5-7-14(8-6-12)22-11-16(21)19-15-4-3-9-20-10-13(2)18-17(15)20/h3-10H,11H2,1-2H3,(H,19,21). The monoisotopic (exact) mass is 295 g/mol. The van der Waals surface area contributed by atoms with Crippen LogP contribution in [0.3, 0.4) is 0 Å². The largest absolute Gasteiger partial charge is 0.484 e. The van der Waals surface area contributed by atoms with Crippen LogP contribution in [0, 0.1) is 13.8 Å². The number of pyridine rings is 1. The minimum Gasteiger partial charge on any atom is -0.484 e. The number of amides is 1. The number of nitrogens with one attached hydrogen (secondary N) is 1. The third-order valence-electron chi connectivity index (χ3n) is 3.27. The fraction of sp³-hybridized carbons (Fsp3) is 0.176. The van der Waals surface area contributed by atoms with Crippen LogP contribution in [0.15, 0.2) is 48.8 Å². The number of aryl methyl sites for hydroxylation is 2. The Morgan fingerprint density at radius 3 is 2.77 bits per heavy atom. The average molecular weight is 295 g/mol. The molecule has 112 valence electrons. The van der Waals surface area contributed by atoms with Gasteiger partial charge in [-0.1, -0.05) is 17.7 Å². The highest BCUT2D eigenvalue weighted by molar-refractivity contribution is 5.95. The zero-order valence-electron chi connectivity index (χ0n) is 12.5. The van der Waals surface area contributed by atoms with Crippen LogP contribution in [0.2, 0.25) is 0 Å².